The number of pyridine rings is 1. The molecule has 0 atom stereocenters. The molecule has 0 saturated heterocycles. The molecule has 0 aliphatic rings. The van der Waals surface area contributed by atoms with Gasteiger partial charge in [0, 0.05) is 30.2 Å². The molecule has 2 heterocycles. The lowest BCUT2D eigenvalue weighted by Gasteiger charge is -2.10. The lowest BCUT2D eigenvalue weighted by atomic mass is 10.2. The third-order valence-electron chi connectivity index (χ3n) is 2.48. The first-order valence-electron chi connectivity index (χ1n) is 6.13. The van der Waals surface area contributed by atoms with Crippen LogP contribution >= 0.6 is 15.9 Å². The number of hydrogen-bond acceptors (Lipinski definition) is 6. The molecule has 2 aromatic rings. The Balaban J connectivity index is 1.99. The fourth-order valence-electron chi connectivity index (χ4n) is 1.61. The number of nitrogens with zero attached hydrogens (tertiary/aromatic N) is 3. The molecular formula is C12H14BrN5O2. The predicted molar refractivity (Wildman–Crippen MR) is 76.4 cm³/mol. The SMILES string of the molecule is CCNc1ncc(Br)cc1C(=O)NCCc1ncon1. The van der Waals surface area contributed by atoms with E-state index < -0.39 is 0 Å². The number of halogens is 1. The van der Waals surface area contributed by atoms with Gasteiger partial charge in [0.15, 0.2) is 5.82 Å². The largest absolute Gasteiger partial charge is 0.370 e. The fourth-order valence-corrected chi connectivity index (χ4v) is 1.94. The summed E-state index contributed by atoms with van der Waals surface area (Å²) in [4.78, 5) is 20.2. The van der Waals surface area contributed by atoms with Gasteiger partial charge < -0.3 is 15.2 Å². The third kappa shape index (κ3) is 3.77. The minimum absolute atomic E-state index is 0.196. The summed E-state index contributed by atoms with van der Waals surface area (Å²) in [7, 11) is 0. The van der Waals surface area contributed by atoms with E-state index in [4.69, 9.17) is 0 Å². The standard InChI is InChI=1S/C12H14BrN5O2/c1-2-14-11-9(5-8(13)6-16-11)12(19)15-4-3-10-17-7-20-18-10/h5-7H,2-4H2,1H3,(H,14,16)(H,15,19). The summed E-state index contributed by atoms with van der Waals surface area (Å²) >= 11 is 3.31. The van der Waals surface area contributed by atoms with E-state index in [2.05, 4.69) is 46.2 Å². The molecule has 0 saturated carbocycles. The lowest BCUT2D eigenvalue weighted by molar-refractivity contribution is 0.0954. The van der Waals surface area contributed by atoms with Gasteiger partial charge in [0.25, 0.3) is 5.91 Å². The lowest BCUT2D eigenvalue weighted by Crippen LogP contribution is -2.27. The summed E-state index contributed by atoms with van der Waals surface area (Å²) in [5.74, 6) is 0.926. The van der Waals surface area contributed by atoms with Gasteiger partial charge in [-0.05, 0) is 28.9 Å². The van der Waals surface area contributed by atoms with Crippen molar-refractivity contribution >= 4 is 27.7 Å². The Bertz CT molecular complexity index is 573. The molecule has 0 spiro atoms. The topological polar surface area (TPSA) is 92.9 Å². The average molecular weight is 340 g/mol. The van der Waals surface area contributed by atoms with Gasteiger partial charge in [-0.25, -0.2) is 4.98 Å². The Morgan fingerprint density at radius 1 is 1.45 bits per heavy atom. The average Bonchev–Trinajstić information content (AvgIpc) is 2.94. The van der Waals surface area contributed by atoms with Crippen LogP contribution in [0.2, 0.25) is 0 Å². The molecular weight excluding hydrogens is 326 g/mol. The molecule has 0 radical (unpaired) electrons. The minimum atomic E-state index is -0.196. The molecule has 2 N–H and O–H groups in total. The molecule has 0 aliphatic carbocycles. The predicted octanol–water partition coefficient (Wildman–Crippen LogP) is 1.63. The fraction of sp³-hybridized carbons (Fsp3) is 0.333. The molecule has 0 unspecified atom stereocenters. The van der Waals surface area contributed by atoms with Crippen molar-refractivity contribution < 1.29 is 9.32 Å². The van der Waals surface area contributed by atoms with Crippen LogP contribution in [0.25, 0.3) is 0 Å². The van der Waals surface area contributed by atoms with Crippen molar-refractivity contribution in [3.63, 3.8) is 0 Å². The minimum Gasteiger partial charge on any atom is -0.370 e. The van der Waals surface area contributed by atoms with Gasteiger partial charge in [-0.3, -0.25) is 4.79 Å². The Morgan fingerprint density at radius 3 is 3.00 bits per heavy atom. The molecule has 2 rings (SSSR count). The number of rotatable bonds is 6. The summed E-state index contributed by atoms with van der Waals surface area (Å²) in [6, 6.07) is 1.73. The quantitative estimate of drug-likeness (QED) is 0.830. The van der Waals surface area contributed by atoms with Crippen molar-refractivity contribution in [3.8, 4) is 0 Å². The van der Waals surface area contributed by atoms with Crippen LogP contribution in [0.4, 0.5) is 5.82 Å². The van der Waals surface area contributed by atoms with Crippen LogP contribution in [0.1, 0.15) is 23.1 Å². The van der Waals surface area contributed by atoms with Gasteiger partial charge in [-0.15, -0.1) is 0 Å². The third-order valence-corrected chi connectivity index (χ3v) is 2.92. The molecule has 8 heteroatoms. The van der Waals surface area contributed by atoms with Crippen LogP contribution in [0.15, 0.2) is 27.7 Å². The number of anilines is 1. The molecule has 7 nitrogen and oxygen atoms in total. The second-order valence-corrected chi connectivity index (χ2v) is 4.85. The number of amides is 1. The highest BCUT2D eigenvalue weighted by atomic mass is 79.9. The van der Waals surface area contributed by atoms with E-state index in [0.29, 0.717) is 36.7 Å². The molecule has 106 valence electrons. The number of carbonyl (C=O) groups is 1. The zero-order chi connectivity index (χ0) is 14.4. The highest BCUT2D eigenvalue weighted by Crippen LogP contribution is 2.17. The molecule has 0 fully saturated rings. The van der Waals surface area contributed by atoms with Crippen LogP contribution < -0.4 is 10.6 Å². The van der Waals surface area contributed by atoms with Crippen LogP contribution in [-0.2, 0) is 6.42 Å². The van der Waals surface area contributed by atoms with Gasteiger partial charge >= 0.3 is 0 Å². The van der Waals surface area contributed by atoms with Gasteiger partial charge in [-0.1, -0.05) is 5.16 Å². The van der Waals surface area contributed by atoms with E-state index in [-0.39, 0.29) is 5.91 Å². The molecule has 0 bridgehead atoms. The Hall–Kier alpha value is -1.96. The van der Waals surface area contributed by atoms with E-state index in [1.165, 1.54) is 6.39 Å². The zero-order valence-corrected chi connectivity index (χ0v) is 12.5. The second-order valence-electron chi connectivity index (χ2n) is 3.93. The summed E-state index contributed by atoms with van der Waals surface area (Å²) in [5.41, 5.74) is 0.495. The highest BCUT2D eigenvalue weighted by molar-refractivity contribution is 9.10. The highest BCUT2D eigenvalue weighted by Gasteiger charge is 2.13. The Kier molecular flexibility index (Phi) is 5.05. The van der Waals surface area contributed by atoms with Crippen LogP contribution in [0, 0.1) is 0 Å². The van der Waals surface area contributed by atoms with E-state index in [9.17, 15) is 4.79 Å². The summed E-state index contributed by atoms with van der Waals surface area (Å²) in [6.45, 7) is 3.07. The summed E-state index contributed by atoms with van der Waals surface area (Å²) in [5, 5.41) is 9.53. The maximum absolute atomic E-state index is 12.1. The summed E-state index contributed by atoms with van der Waals surface area (Å²) in [6.07, 6.45) is 3.42. The number of aromatic nitrogens is 3. The van der Waals surface area contributed by atoms with Gasteiger partial charge in [0.05, 0.1) is 5.56 Å². The summed E-state index contributed by atoms with van der Waals surface area (Å²) < 4.78 is 5.38. The maximum Gasteiger partial charge on any atom is 0.255 e. The first kappa shape index (κ1) is 14.4. The van der Waals surface area contributed by atoms with Gasteiger partial charge in [-0.2, -0.15) is 4.98 Å². The first-order valence-corrected chi connectivity index (χ1v) is 6.93. The van der Waals surface area contributed by atoms with Crippen LogP contribution in [0.3, 0.4) is 0 Å². The van der Waals surface area contributed by atoms with Gasteiger partial charge in [0.1, 0.15) is 5.82 Å². The van der Waals surface area contributed by atoms with Crippen molar-refractivity contribution in [2.75, 3.05) is 18.4 Å². The Morgan fingerprint density at radius 2 is 2.30 bits per heavy atom. The first-order chi connectivity index (χ1) is 9.70. The van der Waals surface area contributed by atoms with E-state index in [0.717, 1.165) is 4.47 Å². The van der Waals surface area contributed by atoms with Gasteiger partial charge in [0.2, 0.25) is 6.39 Å². The second kappa shape index (κ2) is 6.99. The molecule has 1 amide bonds. The number of nitrogens with one attached hydrogen (secondary N) is 2. The van der Waals surface area contributed by atoms with E-state index >= 15 is 0 Å². The normalized spacial score (nSPS) is 10.3. The smallest absolute Gasteiger partial charge is 0.255 e. The van der Waals surface area contributed by atoms with Crippen molar-refractivity contribution in [3.05, 3.63) is 34.5 Å². The van der Waals surface area contributed by atoms with Crippen molar-refractivity contribution in [1.82, 2.24) is 20.4 Å². The number of hydrogen-bond donors (Lipinski definition) is 2. The molecule has 0 aromatic carbocycles. The molecule has 0 aliphatic heterocycles. The van der Waals surface area contributed by atoms with Crippen molar-refractivity contribution in [2.24, 2.45) is 0 Å². The Labute approximate surface area is 124 Å². The zero-order valence-electron chi connectivity index (χ0n) is 10.9. The maximum atomic E-state index is 12.1. The molecule has 2 aromatic heterocycles. The molecule has 20 heavy (non-hydrogen) atoms. The van der Waals surface area contributed by atoms with Crippen molar-refractivity contribution in [2.45, 2.75) is 13.3 Å². The van der Waals surface area contributed by atoms with Crippen LogP contribution in [-0.4, -0.2) is 34.1 Å². The van der Waals surface area contributed by atoms with Crippen molar-refractivity contribution in [1.29, 1.82) is 0 Å². The monoisotopic (exact) mass is 339 g/mol. The van der Waals surface area contributed by atoms with Crippen LogP contribution in [0.5, 0.6) is 0 Å². The van der Waals surface area contributed by atoms with E-state index in [1.807, 2.05) is 6.92 Å². The van der Waals surface area contributed by atoms with E-state index in [1.54, 1.807) is 12.3 Å². The number of carbonyl (C=O) groups excluding carboxylic acids is 1.